The summed E-state index contributed by atoms with van der Waals surface area (Å²) in [4.78, 5) is 13.2. The number of thiophene rings is 1. The van der Waals surface area contributed by atoms with Crippen LogP contribution in [0.1, 0.15) is 33.3 Å². The van der Waals surface area contributed by atoms with E-state index in [9.17, 15) is 13.2 Å². The molecule has 1 amide bonds. The molecule has 0 radical (unpaired) electrons. The molecule has 1 aliphatic rings. The number of fused-ring (bicyclic) bond motifs is 1. The third-order valence-electron chi connectivity index (χ3n) is 5.20. The van der Waals surface area contributed by atoms with Crippen LogP contribution in [0.25, 0.3) is 0 Å². The van der Waals surface area contributed by atoms with Crippen LogP contribution >= 0.6 is 11.3 Å². The number of sulfonamides is 1. The molecule has 7 heteroatoms. The molecule has 0 fully saturated rings. The molecule has 1 N–H and O–H groups in total. The summed E-state index contributed by atoms with van der Waals surface area (Å²) in [6.07, 6.45) is 1.45. The number of nitrogens with one attached hydrogen (secondary N) is 1. The van der Waals surface area contributed by atoms with E-state index in [-0.39, 0.29) is 9.77 Å². The molecular weight excluding hydrogens is 404 g/mol. The van der Waals surface area contributed by atoms with Crippen LogP contribution in [-0.2, 0) is 29.4 Å². The van der Waals surface area contributed by atoms with E-state index in [1.807, 2.05) is 55.5 Å². The normalized spacial score (nSPS) is 14.4. The monoisotopic (exact) mass is 426 g/mol. The van der Waals surface area contributed by atoms with Gasteiger partial charge in [0.2, 0.25) is 10.0 Å². The molecule has 0 saturated heterocycles. The summed E-state index contributed by atoms with van der Waals surface area (Å²) in [7, 11) is -3.76. The lowest BCUT2D eigenvalue weighted by molar-refractivity contribution is 0.102. The first kappa shape index (κ1) is 19.8. The molecule has 4 rings (SSSR count). The number of nitrogens with zero attached hydrogens (tertiary/aromatic N) is 1. The van der Waals surface area contributed by atoms with E-state index in [1.54, 1.807) is 5.38 Å². The van der Waals surface area contributed by atoms with Crippen molar-refractivity contribution in [3.8, 4) is 0 Å². The van der Waals surface area contributed by atoms with E-state index in [4.69, 9.17) is 0 Å². The van der Waals surface area contributed by atoms with Gasteiger partial charge < -0.3 is 5.32 Å². The standard InChI is InChI=1S/C22H22N2O3S2/c1-2-16-7-5-6-10-19(16)23-22(25)21-20(12-14-28-21)29(26,27)24-13-11-17-8-3-4-9-18(17)15-24/h3-10,12,14H,2,11,13,15H2,1H3,(H,23,25). The van der Waals surface area contributed by atoms with Crippen molar-refractivity contribution in [3.63, 3.8) is 0 Å². The third-order valence-corrected chi connectivity index (χ3v) is 8.13. The number of carbonyl (C=O) groups excluding carboxylic acids is 1. The van der Waals surface area contributed by atoms with Gasteiger partial charge in [0, 0.05) is 18.8 Å². The molecule has 0 atom stereocenters. The number of rotatable bonds is 5. The van der Waals surface area contributed by atoms with Crippen molar-refractivity contribution < 1.29 is 13.2 Å². The molecule has 2 aromatic carbocycles. The second kappa shape index (κ2) is 8.10. The number of hydrogen-bond acceptors (Lipinski definition) is 4. The minimum Gasteiger partial charge on any atom is -0.321 e. The molecule has 0 unspecified atom stereocenters. The Kier molecular flexibility index (Phi) is 5.54. The Labute approximate surface area is 175 Å². The smallest absolute Gasteiger partial charge is 0.267 e. The summed E-state index contributed by atoms with van der Waals surface area (Å²) in [5, 5.41) is 4.54. The third kappa shape index (κ3) is 3.85. The Morgan fingerprint density at radius 1 is 1.07 bits per heavy atom. The van der Waals surface area contributed by atoms with Gasteiger partial charge in [0.1, 0.15) is 9.77 Å². The zero-order chi connectivity index (χ0) is 20.4. The van der Waals surface area contributed by atoms with Gasteiger partial charge in [-0.15, -0.1) is 11.3 Å². The lowest BCUT2D eigenvalue weighted by Gasteiger charge is -2.28. The van der Waals surface area contributed by atoms with E-state index < -0.39 is 15.9 Å². The minimum absolute atomic E-state index is 0.0772. The second-order valence-corrected chi connectivity index (χ2v) is 9.76. The molecule has 0 aliphatic carbocycles. The van der Waals surface area contributed by atoms with Gasteiger partial charge in [0.25, 0.3) is 5.91 Å². The van der Waals surface area contributed by atoms with Crippen molar-refractivity contribution in [1.29, 1.82) is 0 Å². The summed E-state index contributed by atoms with van der Waals surface area (Å²) in [5.41, 5.74) is 3.91. The number of carbonyl (C=O) groups is 1. The van der Waals surface area contributed by atoms with Gasteiger partial charge in [0.15, 0.2) is 0 Å². The summed E-state index contributed by atoms with van der Waals surface area (Å²) >= 11 is 1.15. The fourth-order valence-electron chi connectivity index (χ4n) is 3.61. The van der Waals surface area contributed by atoms with E-state index in [0.717, 1.165) is 28.9 Å². The summed E-state index contributed by atoms with van der Waals surface area (Å²) in [6, 6.07) is 17.0. The number of aryl methyl sites for hydroxylation is 1. The number of benzene rings is 2. The quantitative estimate of drug-likeness (QED) is 0.661. The first-order chi connectivity index (χ1) is 14.0. The highest BCUT2D eigenvalue weighted by molar-refractivity contribution is 7.89. The van der Waals surface area contributed by atoms with Gasteiger partial charge in [0.05, 0.1) is 0 Å². The summed E-state index contributed by atoms with van der Waals surface area (Å²) in [6.45, 7) is 2.75. The highest BCUT2D eigenvalue weighted by atomic mass is 32.2. The molecule has 0 bridgehead atoms. The first-order valence-electron chi connectivity index (χ1n) is 9.54. The highest BCUT2D eigenvalue weighted by Gasteiger charge is 2.32. The summed E-state index contributed by atoms with van der Waals surface area (Å²) < 4.78 is 28.1. The number of anilines is 1. The van der Waals surface area contributed by atoms with E-state index >= 15 is 0 Å². The van der Waals surface area contributed by atoms with Crippen LogP contribution in [0.4, 0.5) is 5.69 Å². The molecule has 1 aliphatic heterocycles. The Morgan fingerprint density at radius 2 is 1.79 bits per heavy atom. The largest absolute Gasteiger partial charge is 0.321 e. The Morgan fingerprint density at radius 3 is 2.59 bits per heavy atom. The average molecular weight is 427 g/mol. The van der Waals surface area contributed by atoms with Crippen molar-refractivity contribution in [1.82, 2.24) is 4.31 Å². The molecule has 150 valence electrons. The molecule has 1 aromatic heterocycles. The van der Waals surface area contributed by atoms with Crippen molar-refractivity contribution in [3.05, 3.63) is 81.5 Å². The lowest BCUT2D eigenvalue weighted by atomic mass is 10.0. The van der Waals surface area contributed by atoms with Gasteiger partial charge >= 0.3 is 0 Å². The van der Waals surface area contributed by atoms with Gasteiger partial charge in [-0.05, 0) is 47.0 Å². The van der Waals surface area contributed by atoms with E-state index in [1.165, 1.54) is 15.9 Å². The number of para-hydroxylation sites is 1. The summed E-state index contributed by atoms with van der Waals surface area (Å²) in [5.74, 6) is -0.392. The second-order valence-electron chi connectivity index (χ2n) is 6.94. The average Bonchev–Trinajstić information content (AvgIpc) is 3.25. The first-order valence-corrected chi connectivity index (χ1v) is 11.9. The molecule has 5 nitrogen and oxygen atoms in total. The maximum Gasteiger partial charge on any atom is 0.267 e. The zero-order valence-corrected chi connectivity index (χ0v) is 17.7. The van der Waals surface area contributed by atoms with Gasteiger partial charge in [-0.2, -0.15) is 4.31 Å². The Balaban J connectivity index is 1.61. The van der Waals surface area contributed by atoms with E-state index in [2.05, 4.69) is 5.32 Å². The fraction of sp³-hybridized carbons (Fsp3) is 0.227. The minimum atomic E-state index is -3.76. The van der Waals surface area contributed by atoms with Gasteiger partial charge in [-0.3, -0.25) is 4.79 Å². The number of amides is 1. The van der Waals surface area contributed by atoms with Gasteiger partial charge in [-0.1, -0.05) is 49.4 Å². The molecule has 2 heterocycles. The van der Waals surface area contributed by atoms with Crippen LogP contribution in [-0.4, -0.2) is 25.2 Å². The lowest BCUT2D eigenvalue weighted by Crippen LogP contribution is -2.36. The maximum atomic E-state index is 13.3. The van der Waals surface area contributed by atoms with Crippen LogP contribution in [0.15, 0.2) is 64.9 Å². The van der Waals surface area contributed by atoms with Gasteiger partial charge in [-0.25, -0.2) is 8.42 Å². The fourth-order valence-corrected chi connectivity index (χ4v) is 6.32. The predicted octanol–water partition coefficient (Wildman–Crippen LogP) is 4.31. The maximum absolute atomic E-state index is 13.3. The molecular formula is C22H22N2O3S2. The topological polar surface area (TPSA) is 66.5 Å². The Hall–Kier alpha value is -2.48. The van der Waals surface area contributed by atoms with Crippen LogP contribution in [0.2, 0.25) is 0 Å². The number of hydrogen-bond donors (Lipinski definition) is 1. The van der Waals surface area contributed by atoms with Crippen LogP contribution in [0, 0.1) is 0 Å². The highest BCUT2D eigenvalue weighted by Crippen LogP contribution is 2.30. The van der Waals surface area contributed by atoms with Crippen LogP contribution < -0.4 is 5.32 Å². The van der Waals surface area contributed by atoms with Crippen molar-refractivity contribution in [2.45, 2.75) is 31.2 Å². The van der Waals surface area contributed by atoms with Crippen LogP contribution in [0.3, 0.4) is 0 Å². The molecule has 29 heavy (non-hydrogen) atoms. The van der Waals surface area contributed by atoms with E-state index in [0.29, 0.717) is 25.2 Å². The SMILES string of the molecule is CCc1ccccc1NC(=O)c1sccc1S(=O)(=O)N1CCc2ccccc2C1. The Bertz CT molecular complexity index is 1150. The predicted molar refractivity (Wildman–Crippen MR) is 116 cm³/mol. The van der Waals surface area contributed by atoms with Crippen LogP contribution in [0.5, 0.6) is 0 Å². The van der Waals surface area contributed by atoms with Crippen molar-refractivity contribution >= 4 is 33.0 Å². The van der Waals surface area contributed by atoms with Crippen molar-refractivity contribution in [2.24, 2.45) is 0 Å². The zero-order valence-electron chi connectivity index (χ0n) is 16.1. The van der Waals surface area contributed by atoms with Crippen molar-refractivity contribution in [2.75, 3.05) is 11.9 Å². The molecule has 0 saturated carbocycles. The molecule has 3 aromatic rings. The molecule has 0 spiro atoms.